The summed E-state index contributed by atoms with van der Waals surface area (Å²) in [6.07, 6.45) is 1.18. The van der Waals surface area contributed by atoms with Gasteiger partial charge in [-0.3, -0.25) is 4.79 Å². The van der Waals surface area contributed by atoms with Crippen molar-refractivity contribution < 1.29 is 4.79 Å². The maximum Gasteiger partial charge on any atom is 0.216 e. The fourth-order valence-electron chi connectivity index (χ4n) is 2.19. The fourth-order valence-corrected chi connectivity index (χ4v) is 2.19. The van der Waals surface area contributed by atoms with Crippen molar-refractivity contribution in [2.75, 3.05) is 6.54 Å². The maximum atomic E-state index is 10.8. The zero-order chi connectivity index (χ0) is 10.9. The van der Waals surface area contributed by atoms with Crippen LogP contribution in [-0.2, 0) is 10.2 Å². The second-order valence-electron chi connectivity index (χ2n) is 4.62. The Hall–Kier alpha value is -1.31. The maximum absolute atomic E-state index is 10.8. The normalized spacial score (nSPS) is 28.5. The van der Waals surface area contributed by atoms with Crippen molar-refractivity contribution >= 4 is 5.91 Å². The Kier molecular flexibility index (Phi) is 2.51. The van der Waals surface area contributed by atoms with Gasteiger partial charge in [0.2, 0.25) is 5.91 Å². The molecule has 2 heteroatoms. The molecule has 1 amide bonds. The average molecular weight is 203 g/mol. The van der Waals surface area contributed by atoms with Gasteiger partial charge in [0, 0.05) is 13.5 Å². The third-order valence-electron chi connectivity index (χ3n) is 3.44. The third-order valence-corrected chi connectivity index (χ3v) is 3.44. The molecule has 2 unspecified atom stereocenters. The lowest BCUT2D eigenvalue weighted by molar-refractivity contribution is -0.119. The van der Waals surface area contributed by atoms with Crippen molar-refractivity contribution in [3.63, 3.8) is 0 Å². The summed E-state index contributed by atoms with van der Waals surface area (Å²) in [5.74, 6) is 0.668. The van der Waals surface area contributed by atoms with E-state index in [1.54, 1.807) is 6.92 Å². The van der Waals surface area contributed by atoms with Crippen LogP contribution in [-0.4, -0.2) is 12.5 Å². The Morgan fingerprint density at radius 3 is 2.73 bits per heavy atom. The van der Waals surface area contributed by atoms with E-state index in [0.717, 1.165) is 6.54 Å². The lowest BCUT2D eigenvalue weighted by Crippen LogP contribution is -2.24. The monoisotopic (exact) mass is 203 g/mol. The molecule has 0 aromatic heterocycles. The molecular formula is C13H17NO. The van der Waals surface area contributed by atoms with Crippen LogP contribution in [0.2, 0.25) is 0 Å². The molecule has 0 spiro atoms. The highest BCUT2D eigenvalue weighted by Crippen LogP contribution is 2.53. The van der Waals surface area contributed by atoms with Crippen molar-refractivity contribution in [1.29, 1.82) is 0 Å². The minimum Gasteiger partial charge on any atom is -0.356 e. The first-order valence-corrected chi connectivity index (χ1v) is 5.43. The molecule has 1 aromatic carbocycles. The number of nitrogens with one attached hydrogen (secondary N) is 1. The van der Waals surface area contributed by atoms with Crippen LogP contribution >= 0.6 is 0 Å². The number of hydrogen-bond donors (Lipinski definition) is 1. The number of carbonyl (C=O) groups excluding carboxylic acids is 1. The zero-order valence-corrected chi connectivity index (χ0v) is 9.29. The molecule has 1 aliphatic carbocycles. The van der Waals surface area contributed by atoms with E-state index in [-0.39, 0.29) is 11.3 Å². The standard InChI is InChI=1S/C13H17NO/c1-10(15)14-9-12-8-13(12,2)11-6-4-3-5-7-11/h3-7,12H,8-9H2,1-2H3,(H,14,15). The lowest BCUT2D eigenvalue weighted by atomic mass is 9.95. The van der Waals surface area contributed by atoms with E-state index in [2.05, 4.69) is 36.5 Å². The van der Waals surface area contributed by atoms with Gasteiger partial charge in [-0.05, 0) is 23.3 Å². The van der Waals surface area contributed by atoms with E-state index in [9.17, 15) is 4.79 Å². The van der Waals surface area contributed by atoms with Gasteiger partial charge in [0.1, 0.15) is 0 Å². The largest absolute Gasteiger partial charge is 0.356 e. The summed E-state index contributed by atoms with van der Waals surface area (Å²) in [6, 6.07) is 10.5. The van der Waals surface area contributed by atoms with Crippen molar-refractivity contribution in [1.82, 2.24) is 5.32 Å². The van der Waals surface area contributed by atoms with Gasteiger partial charge in [-0.25, -0.2) is 0 Å². The van der Waals surface area contributed by atoms with Gasteiger partial charge in [0.15, 0.2) is 0 Å². The Bertz CT molecular complexity index is 360. The van der Waals surface area contributed by atoms with Crippen LogP contribution in [0.25, 0.3) is 0 Å². The van der Waals surface area contributed by atoms with Crippen LogP contribution in [0.1, 0.15) is 25.8 Å². The molecule has 0 heterocycles. The highest BCUT2D eigenvalue weighted by molar-refractivity contribution is 5.72. The minimum atomic E-state index is 0.0670. The van der Waals surface area contributed by atoms with Gasteiger partial charge in [0.25, 0.3) is 0 Å². The van der Waals surface area contributed by atoms with Gasteiger partial charge < -0.3 is 5.32 Å². The van der Waals surface area contributed by atoms with E-state index < -0.39 is 0 Å². The topological polar surface area (TPSA) is 29.1 Å². The van der Waals surface area contributed by atoms with Gasteiger partial charge >= 0.3 is 0 Å². The first-order valence-electron chi connectivity index (χ1n) is 5.43. The van der Waals surface area contributed by atoms with E-state index in [1.165, 1.54) is 12.0 Å². The summed E-state index contributed by atoms with van der Waals surface area (Å²) in [4.78, 5) is 10.8. The minimum absolute atomic E-state index is 0.0670. The number of rotatable bonds is 3. The van der Waals surface area contributed by atoms with Crippen LogP contribution in [0.5, 0.6) is 0 Å². The Labute approximate surface area is 90.7 Å². The number of amides is 1. The second kappa shape index (κ2) is 3.69. The van der Waals surface area contributed by atoms with Crippen LogP contribution in [0.4, 0.5) is 0 Å². The van der Waals surface area contributed by atoms with Gasteiger partial charge in [-0.15, -0.1) is 0 Å². The molecule has 1 fully saturated rings. The molecule has 0 aliphatic heterocycles. The molecule has 0 bridgehead atoms. The lowest BCUT2D eigenvalue weighted by Gasteiger charge is -2.11. The average Bonchev–Trinajstić information content (AvgIpc) is 2.90. The summed E-state index contributed by atoms with van der Waals surface area (Å²) in [7, 11) is 0. The van der Waals surface area contributed by atoms with E-state index in [4.69, 9.17) is 0 Å². The number of hydrogen-bond acceptors (Lipinski definition) is 1. The Morgan fingerprint density at radius 1 is 1.47 bits per heavy atom. The van der Waals surface area contributed by atoms with Gasteiger partial charge in [-0.1, -0.05) is 37.3 Å². The van der Waals surface area contributed by atoms with E-state index in [1.807, 2.05) is 6.07 Å². The Morgan fingerprint density at radius 2 is 2.13 bits per heavy atom. The van der Waals surface area contributed by atoms with Crippen LogP contribution in [0, 0.1) is 5.92 Å². The molecule has 15 heavy (non-hydrogen) atoms. The van der Waals surface area contributed by atoms with Crippen LogP contribution in [0.15, 0.2) is 30.3 Å². The molecule has 1 saturated carbocycles. The zero-order valence-electron chi connectivity index (χ0n) is 9.29. The highest BCUT2D eigenvalue weighted by atomic mass is 16.1. The SMILES string of the molecule is CC(=O)NCC1CC1(C)c1ccccc1. The molecule has 2 nitrogen and oxygen atoms in total. The summed E-state index contributed by atoms with van der Waals surface area (Å²) >= 11 is 0. The molecule has 80 valence electrons. The molecule has 0 saturated heterocycles. The van der Waals surface area contributed by atoms with Crippen LogP contribution < -0.4 is 5.32 Å². The van der Waals surface area contributed by atoms with Gasteiger partial charge in [0.05, 0.1) is 0 Å². The molecule has 2 atom stereocenters. The molecule has 1 aromatic rings. The summed E-state index contributed by atoms with van der Waals surface area (Å²) in [5, 5.41) is 2.89. The number of benzene rings is 1. The van der Waals surface area contributed by atoms with Crippen molar-refractivity contribution in [2.45, 2.75) is 25.7 Å². The number of carbonyl (C=O) groups is 1. The first kappa shape index (κ1) is 10.2. The molecule has 0 radical (unpaired) electrons. The summed E-state index contributed by atoms with van der Waals surface area (Å²) in [6.45, 7) is 4.65. The molecule has 1 N–H and O–H groups in total. The summed E-state index contributed by atoms with van der Waals surface area (Å²) in [5.41, 5.74) is 1.67. The third kappa shape index (κ3) is 2.04. The smallest absolute Gasteiger partial charge is 0.216 e. The van der Waals surface area contributed by atoms with Crippen molar-refractivity contribution in [3.05, 3.63) is 35.9 Å². The molecule has 1 aliphatic rings. The predicted octanol–water partition coefficient (Wildman–Crippen LogP) is 2.10. The van der Waals surface area contributed by atoms with Gasteiger partial charge in [-0.2, -0.15) is 0 Å². The molecular weight excluding hydrogens is 186 g/mol. The van der Waals surface area contributed by atoms with E-state index >= 15 is 0 Å². The predicted molar refractivity (Wildman–Crippen MR) is 60.6 cm³/mol. The summed E-state index contributed by atoms with van der Waals surface area (Å²) < 4.78 is 0. The Balaban J connectivity index is 1.98. The van der Waals surface area contributed by atoms with Crippen LogP contribution in [0.3, 0.4) is 0 Å². The highest BCUT2D eigenvalue weighted by Gasteiger charge is 2.50. The van der Waals surface area contributed by atoms with Crippen molar-refractivity contribution in [2.24, 2.45) is 5.92 Å². The van der Waals surface area contributed by atoms with E-state index in [0.29, 0.717) is 5.92 Å². The fraction of sp³-hybridized carbons (Fsp3) is 0.462. The molecule has 2 rings (SSSR count). The second-order valence-corrected chi connectivity index (χ2v) is 4.62. The first-order chi connectivity index (χ1) is 7.13. The quantitative estimate of drug-likeness (QED) is 0.800. The van der Waals surface area contributed by atoms with Crippen molar-refractivity contribution in [3.8, 4) is 0 Å².